The van der Waals surface area contributed by atoms with E-state index < -0.39 is 11.7 Å². The van der Waals surface area contributed by atoms with Crippen molar-refractivity contribution in [3.05, 3.63) is 36.4 Å². The molecule has 1 amide bonds. The Morgan fingerprint density at radius 3 is 2.62 bits per heavy atom. The minimum absolute atomic E-state index is 0.454. The smallest absolute Gasteiger partial charge is 0.294 e. The zero-order chi connectivity index (χ0) is 9.42. The monoisotopic (exact) mass is 173 g/mol. The highest BCUT2D eigenvalue weighted by Gasteiger charge is 2.34. The summed E-state index contributed by atoms with van der Waals surface area (Å²) >= 11 is 0. The quantitative estimate of drug-likeness (QED) is 0.600. The van der Waals surface area contributed by atoms with E-state index in [1.54, 1.807) is 31.2 Å². The van der Waals surface area contributed by atoms with Crippen LogP contribution in [0.4, 0.5) is 5.69 Å². The van der Waals surface area contributed by atoms with Crippen molar-refractivity contribution in [3.63, 3.8) is 0 Å². The first-order chi connectivity index (χ1) is 6.25. The second-order valence-electron chi connectivity index (χ2n) is 2.71. The van der Waals surface area contributed by atoms with Gasteiger partial charge in [-0.15, -0.1) is 0 Å². The Morgan fingerprint density at radius 2 is 1.92 bits per heavy atom. The van der Waals surface area contributed by atoms with E-state index in [0.717, 1.165) is 0 Å². The molecule has 1 aromatic rings. The van der Waals surface area contributed by atoms with Gasteiger partial charge in [0.2, 0.25) is 0 Å². The molecular weight excluding hydrogens is 166 g/mol. The number of benzene rings is 1. The van der Waals surface area contributed by atoms with Crippen molar-refractivity contribution in [2.45, 2.75) is 6.92 Å². The van der Waals surface area contributed by atoms with Gasteiger partial charge in [-0.25, -0.2) is 0 Å². The number of para-hydroxylation sites is 1. The molecule has 1 aliphatic rings. The van der Waals surface area contributed by atoms with Gasteiger partial charge in [0.1, 0.15) is 0 Å². The largest absolute Gasteiger partial charge is 0.300 e. The van der Waals surface area contributed by atoms with E-state index in [1.165, 1.54) is 4.90 Å². The van der Waals surface area contributed by atoms with Crippen LogP contribution < -0.4 is 4.90 Å². The zero-order valence-corrected chi connectivity index (χ0v) is 7.07. The molecule has 2 rings (SSSR count). The number of nitrogens with zero attached hydrogens (tertiary/aromatic N) is 1. The van der Waals surface area contributed by atoms with E-state index in [2.05, 4.69) is 6.54 Å². The summed E-state index contributed by atoms with van der Waals surface area (Å²) in [6.07, 6.45) is 0. The number of hydrogen-bond donors (Lipinski definition) is 0. The molecule has 0 aliphatic carbocycles. The molecule has 13 heavy (non-hydrogen) atoms. The highest BCUT2D eigenvalue weighted by molar-refractivity contribution is 6.52. The van der Waals surface area contributed by atoms with Crippen LogP contribution in [-0.4, -0.2) is 11.7 Å². The number of carbonyl (C=O) groups is 2. The summed E-state index contributed by atoms with van der Waals surface area (Å²) in [5, 5.41) is 0. The molecule has 0 atom stereocenters. The molecule has 64 valence electrons. The van der Waals surface area contributed by atoms with Crippen molar-refractivity contribution in [1.82, 2.24) is 0 Å². The Morgan fingerprint density at radius 1 is 1.23 bits per heavy atom. The van der Waals surface area contributed by atoms with Crippen LogP contribution in [0, 0.1) is 6.54 Å². The lowest BCUT2D eigenvalue weighted by Gasteiger charge is -2.10. The van der Waals surface area contributed by atoms with Gasteiger partial charge in [-0.05, 0) is 19.1 Å². The summed E-state index contributed by atoms with van der Waals surface area (Å²) in [5.74, 6) is -0.978. The van der Waals surface area contributed by atoms with Gasteiger partial charge in [-0.1, -0.05) is 12.1 Å². The molecule has 0 fully saturated rings. The SMILES string of the molecule is C[C]N1C(=O)C(=O)c2ccccc21. The second-order valence-corrected chi connectivity index (χ2v) is 2.71. The van der Waals surface area contributed by atoms with Gasteiger partial charge >= 0.3 is 0 Å². The number of amides is 1. The number of anilines is 1. The minimum atomic E-state index is -0.524. The van der Waals surface area contributed by atoms with E-state index in [-0.39, 0.29) is 0 Å². The summed E-state index contributed by atoms with van der Waals surface area (Å²) in [5.41, 5.74) is 1.09. The van der Waals surface area contributed by atoms with Gasteiger partial charge in [0.25, 0.3) is 11.7 Å². The van der Waals surface area contributed by atoms with Gasteiger partial charge < -0.3 is 0 Å². The molecule has 1 heterocycles. The maximum atomic E-state index is 11.3. The van der Waals surface area contributed by atoms with Crippen LogP contribution in [0.3, 0.4) is 0 Å². The summed E-state index contributed by atoms with van der Waals surface area (Å²) < 4.78 is 0. The van der Waals surface area contributed by atoms with Gasteiger partial charge in [-0.3, -0.25) is 14.5 Å². The second kappa shape index (κ2) is 2.69. The summed E-state index contributed by atoms with van der Waals surface area (Å²) in [6.45, 7) is 4.27. The van der Waals surface area contributed by atoms with Crippen LogP contribution in [0.5, 0.6) is 0 Å². The molecule has 0 saturated heterocycles. The molecule has 0 unspecified atom stereocenters. The molecule has 0 aromatic heterocycles. The van der Waals surface area contributed by atoms with E-state index in [9.17, 15) is 9.59 Å². The number of fused-ring (bicyclic) bond motifs is 1. The van der Waals surface area contributed by atoms with Crippen LogP contribution in [0.15, 0.2) is 24.3 Å². The van der Waals surface area contributed by atoms with Crippen LogP contribution in [0.25, 0.3) is 0 Å². The van der Waals surface area contributed by atoms with Crippen molar-refractivity contribution in [2.24, 2.45) is 0 Å². The van der Waals surface area contributed by atoms with Crippen molar-refractivity contribution in [2.75, 3.05) is 4.90 Å². The fourth-order valence-electron chi connectivity index (χ4n) is 1.41. The van der Waals surface area contributed by atoms with Gasteiger partial charge in [0.15, 0.2) is 0 Å². The first kappa shape index (κ1) is 7.98. The molecule has 0 bridgehead atoms. The normalized spacial score (nSPS) is 15.0. The standard InChI is InChI=1S/C10H7NO2/c1-2-11-8-6-4-3-5-7(8)9(12)10(11)13/h3-6H,1H3. The Balaban J connectivity index is 2.60. The molecule has 0 N–H and O–H groups in total. The number of rotatable bonds is 1. The van der Waals surface area contributed by atoms with Crippen molar-refractivity contribution >= 4 is 17.4 Å². The van der Waals surface area contributed by atoms with E-state index in [1.807, 2.05) is 0 Å². The first-order valence-electron chi connectivity index (χ1n) is 3.91. The van der Waals surface area contributed by atoms with Crippen LogP contribution >= 0.6 is 0 Å². The van der Waals surface area contributed by atoms with Crippen LogP contribution in [0.2, 0.25) is 0 Å². The average Bonchev–Trinajstić information content (AvgIpc) is 2.41. The van der Waals surface area contributed by atoms with Crippen molar-refractivity contribution in [3.8, 4) is 0 Å². The zero-order valence-electron chi connectivity index (χ0n) is 7.07. The number of hydrogen-bond acceptors (Lipinski definition) is 2. The number of carbonyl (C=O) groups excluding carboxylic acids is 2. The van der Waals surface area contributed by atoms with Crippen LogP contribution in [0.1, 0.15) is 17.3 Å². The van der Waals surface area contributed by atoms with Crippen LogP contribution in [-0.2, 0) is 4.79 Å². The topological polar surface area (TPSA) is 37.4 Å². The predicted molar refractivity (Wildman–Crippen MR) is 47.2 cm³/mol. The molecule has 3 heteroatoms. The molecule has 2 radical (unpaired) electrons. The van der Waals surface area contributed by atoms with Gasteiger partial charge in [0, 0.05) is 0 Å². The third-order valence-electron chi connectivity index (χ3n) is 2.01. The Bertz CT molecular complexity index is 384. The molecular formula is C10H7NO2. The fourth-order valence-corrected chi connectivity index (χ4v) is 1.41. The lowest BCUT2D eigenvalue weighted by Crippen LogP contribution is -2.25. The summed E-state index contributed by atoms with van der Waals surface area (Å²) in [6, 6.07) is 6.90. The number of Topliss-reactive ketones (excluding diaryl/α,β-unsaturated/α-hetero) is 1. The lowest BCUT2D eigenvalue weighted by molar-refractivity contribution is -0.113. The van der Waals surface area contributed by atoms with Gasteiger partial charge in [0.05, 0.1) is 17.8 Å². The van der Waals surface area contributed by atoms with Crippen molar-refractivity contribution < 1.29 is 9.59 Å². The summed E-state index contributed by atoms with van der Waals surface area (Å²) in [4.78, 5) is 23.9. The van der Waals surface area contributed by atoms with E-state index in [0.29, 0.717) is 11.3 Å². The predicted octanol–water partition coefficient (Wildman–Crippen LogP) is 1.27. The van der Waals surface area contributed by atoms with E-state index in [4.69, 9.17) is 0 Å². The molecule has 1 aromatic carbocycles. The van der Waals surface area contributed by atoms with Gasteiger partial charge in [-0.2, -0.15) is 0 Å². The Hall–Kier alpha value is -1.64. The summed E-state index contributed by atoms with van der Waals surface area (Å²) in [7, 11) is 0. The van der Waals surface area contributed by atoms with E-state index >= 15 is 0 Å². The lowest BCUT2D eigenvalue weighted by atomic mass is 10.1. The molecule has 0 spiro atoms. The molecule has 1 aliphatic heterocycles. The highest BCUT2D eigenvalue weighted by Crippen LogP contribution is 2.28. The maximum Gasteiger partial charge on any atom is 0.300 e. The first-order valence-corrected chi connectivity index (χ1v) is 3.91. The Labute approximate surface area is 76.0 Å². The highest BCUT2D eigenvalue weighted by atomic mass is 16.2. The third kappa shape index (κ3) is 0.967. The number of ketones is 1. The Kier molecular flexibility index (Phi) is 1.65. The molecule has 3 nitrogen and oxygen atoms in total. The minimum Gasteiger partial charge on any atom is -0.294 e. The maximum absolute atomic E-state index is 11.3. The molecule has 0 saturated carbocycles. The fraction of sp³-hybridized carbons (Fsp3) is 0.100. The third-order valence-corrected chi connectivity index (χ3v) is 2.01. The van der Waals surface area contributed by atoms with Crippen molar-refractivity contribution in [1.29, 1.82) is 0 Å². The average molecular weight is 173 g/mol.